The second-order valence-electron chi connectivity index (χ2n) is 6.80. The van der Waals surface area contributed by atoms with Crippen molar-refractivity contribution in [2.24, 2.45) is 0 Å². The Morgan fingerprint density at radius 2 is 2.15 bits per heavy atom. The number of nitrogens with one attached hydrogen (secondary N) is 1. The Kier molecular flexibility index (Phi) is 6.12. The molecule has 1 aromatic carbocycles. The molecule has 0 fully saturated rings. The maximum Gasteiger partial charge on any atom is 0.407 e. The topological polar surface area (TPSA) is 75.6 Å². The van der Waals surface area contributed by atoms with Gasteiger partial charge in [-0.2, -0.15) is 0 Å². The normalized spacial score (nSPS) is 19.4. The van der Waals surface area contributed by atoms with Crippen LogP contribution in [0.5, 0.6) is 0 Å². The fourth-order valence-corrected chi connectivity index (χ4v) is 3.80. The third-order valence-corrected chi connectivity index (χ3v) is 5.12. The molecule has 142 valence electrons. The van der Waals surface area contributed by atoms with Gasteiger partial charge in [0.15, 0.2) is 0 Å². The average molecular weight is 367 g/mol. The Labute approximate surface area is 159 Å². The quantitative estimate of drug-likeness (QED) is 0.730. The first-order valence-electron chi connectivity index (χ1n) is 9.35. The molecule has 0 aliphatic heterocycles. The van der Waals surface area contributed by atoms with E-state index >= 15 is 0 Å². The fourth-order valence-electron chi connectivity index (χ4n) is 3.80. The largest absolute Gasteiger partial charge is 0.480 e. The summed E-state index contributed by atoms with van der Waals surface area (Å²) >= 11 is 0. The number of aliphatic carboxylic acids is 1. The van der Waals surface area contributed by atoms with Crippen LogP contribution in [0.15, 0.2) is 54.1 Å². The Morgan fingerprint density at radius 1 is 1.33 bits per heavy atom. The van der Waals surface area contributed by atoms with Crippen LogP contribution in [0.3, 0.4) is 0 Å². The van der Waals surface area contributed by atoms with Crippen molar-refractivity contribution in [3.63, 3.8) is 0 Å². The third kappa shape index (κ3) is 4.30. The van der Waals surface area contributed by atoms with E-state index in [0.717, 1.165) is 19.3 Å². The number of carboxylic acids is 1. The molecule has 0 radical (unpaired) electrons. The average Bonchev–Trinajstić information content (AvgIpc) is 2.80. The summed E-state index contributed by atoms with van der Waals surface area (Å²) < 4.78 is 5.44. The number of amides is 1. The fraction of sp³-hybridized carbons (Fsp3) is 0.364. The molecule has 0 saturated carbocycles. The van der Waals surface area contributed by atoms with E-state index in [1.165, 1.54) is 22.3 Å². The number of hydrogen-bond acceptors (Lipinski definition) is 3. The van der Waals surface area contributed by atoms with Gasteiger partial charge in [0, 0.05) is 5.92 Å². The molecule has 27 heavy (non-hydrogen) atoms. The number of benzene rings is 1. The Morgan fingerprint density at radius 3 is 2.93 bits per heavy atom. The molecule has 0 aromatic heterocycles. The van der Waals surface area contributed by atoms with Crippen molar-refractivity contribution in [3.8, 4) is 0 Å². The van der Waals surface area contributed by atoms with E-state index in [0.29, 0.717) is 0 Å². The van der Waals surface area contributed by atoms with Crippen molar-refractivity contribution < 1.29 is 19.4 Å². The second-order valence-corrected chi connectivity index (χ2v) is 6.80. The molecule has 2 atom stereocenters. The van der Waals surface area contributed by atoms with Gasteiger partial charge in [0.1, 0.15) is 12.6 Å². The van der Waals surface area contributed by atoms with Crippen LogP contribution >= 0.6 is 0 Å². The molecule has 1 amide bonds. The molecule has 0 heterocycles. The van der Waals surface area contributed by atoms with Crippen LogP contribution < -0.4 is 5.32 Å². The molecule has 5 nitrogen and oxygen atoms in total. The van der Waals surface area contributed by atoms with E-state index in [1.54, 1.807) is 12.2 Å². The maximum atomic E-state index is 12.2. The van der Waals surface area contributed by atoms with Gasteiger partial charge in [0.25, 0.3) is 0 Å². The summed E-state index contributed by atoms with van der Waals surface area (Å²) in [7, 11) is 0. The van der Waals surface area contributed by atoms with Crippen LogP contribution in [-0.2, 0) is 9.53 Å². The number of allylic oxidation sites excluding steroid dienone is 4. The van der Waals surface area contributed by atoms with Gasteiger partial charge in [0.2, 0.25) is 0 Å². The van der Waals surface area contributed by atoms with Crippen LogP contribution in [0, 0.1) is 0 Å². The zero-order valence-electron chi connectivity index (χ0n) is 15.5. The summed E-state index contributed by atoms with van der Waals surface area (Å²) in [5, 5.41) is 11.7. The number of fused-ring (bicyclic) bond motifs is 2. The van der Waals surface area contributed by atoms with E-state index in [9.17, 15) is 14.7 Å². The standard InChI is InChI=1S/C22H25NO4/c1-2-3-13-20(21(24)25)23-22(26)27-14-19-17-10-6-4-5-9-15(17)16-11-7-8-12-18(16)19/h2-5,7-8,11-12,19-20H,6,9-10,13-14H2,1H3,(H,23,26)(H,24,25)/b3-2+/t19?,20-/m0/s1. The minimum Gasteiger partial charge on any atom is -0.480 e. The van der Waals surface area contributed by atoms with Crippen molar-refractivity contribution in [1.29, 1.82) is 0 Å². The highest BCUT2D eigenvalue weighted by molar-refractivity contribution is 5.81. The van der Waals surface area contributed by atoms with Crippen LogP contribution in [0.25, 0.3) is 5.57 Å². The number of alkyl carbamates (subject to hydrolysis) is 1. The van der Waals surface area contributed by atoms with E-state index in [1.807, 2.05) is 19.1 Å². The molecule has 0 saturated heterocycles. The summed E-state index contributed by atoms with van der Waals surface area (Å²) in [6.07, 6.45) is 10.3. The number of ether oxygens (including phenoxy) is 1. The lowest BCUT2D eigenvalue weighted by Crippen LogP contribution is -2.41. The van der Waals surface area contributed by atoms with Crippen LogP contribution in [0.1, 0.15) is 49.7 Å². The number of carbonyl (C=O) groups excluding carboxylic acids is 1. The molecular formula is C22H25NO4. The predicted molar refractivity (Wildman–Crippen MR) is 104 cm³/mol. The van der Waals surface area contributed by atoms with Gasteiger partial charge < -0.3 is 15.2 Å². The third-order valence-electron chi connectivity index (χ3n) is 5.12. The molecule has 5 heteroatoms. The first kappa shape index (κ1) is 19.0. The highest BCUT2D eigenvalue weighted by Gasteiger charge is 2.31. The number of rotatable bonds is 6. The number of hydrogen-bond donors (Lipinski definition) is 2. The van der Waals surface area contributed by atoms with Crippen LogP contribution in [-0.4, -0.2) is 29.8 Å². The first-order chi connectivity index (χ1) is 13.1. The van der Waals surface area contributed by atoms with Crippen LogP contribution in [0.4, 0.5) is 4.79 Å². The highest BCUT2D eigenvalue weighted by atomic mass is 16.5. The minimum atomic E-state index is -1.07. The van der Waals surface area contributed by atoms with Gasteiger partial charge in [-0.3, -0.25) is 0 Å². The molecule has 2 N–H and O–H groups in total. The molecule has 1 unspecified atom stereocenters. The van der Waals surface area contributed by atoms with Crippen molar-refractivity contribution in [1.82, 2.24) is 5.32 Å². The van der Waals surface area contributed by atoms with Gasteiger partial charge in [0.05, 0.1) is 0 Å². The van der Waals surface area contributed by atoms with E-state index < -0.39 is 18.1 Å². The Bertz CT molecular complexity index is 806. The molecule has 0 bridgehead atoms. The van der Waals surface area contributed by atoms with Gasteiger partial charge in [-0.05, 0) is 49.3 Å². The molecule has 3 rings (SSSR count). The second kappa shape index (κ2) is 8.71. The first-order valence-corrected chi connectivity index (χ1v) is 9.35. The highest BCUT2D eigenvalue weighted by Crippen LogP contribution is 2.46. The molecule has 2 aliphatic carbocycles. The summed E-state index contributed by atoms with van der Waals surface area (Å²) in [6.45, 7) is 2.03. The Balaban J connectivity index is 1.69. The summed E-state index contributed by atoms with van der Waals surface area (Å²) in [5.74, 6) is -1.03. The smallest absolute Gasteiger partial charge is 0.407 e. The molecule has 0 spiro atoms. The predicted octanol–water partition coefficient (Wildman–Crippen LogP) is 4.42. The lowest BCUT2D eigenvalue weighted by Gasteiger charge is -2.18. The lowest BCUT2D eigenvalue weighted by molar-refractivity contribution is -0.139. The minimum absolute atomic E-state index is 0.0423. The summed E-state index contributed by atoms with van der Waals surface area (Å²) in [5.41, 5.74) is 5.10. The number of carboxylic acid groups (broad SMARTS) is 1. The van der Waals surface area contributed by atoms with Gasteiger partial charge >= 0.3 is 12.1 Å². The lowest BCUT2D eigenvalue weighted by atomic mass is 9.94. The van der Waals surface area contributed by atoms with E-state index in [-0.39, 0.29) is 18.9 Å². The number of carbonyl (C=O) groups is 2. The van der Waals surface area contributed by atoms with Crippen LogP contribution in [0.2, 0.25) is 0 Å². The van der Waals surface area contributed by atoms with Crippen molar-refractivity contribution in [2.45, 2.75) is 44.6 Å². The zero-order valence-corrected chi connectivity index (χ0v) is 15.5. The molecular weight excluding hydrogens is 342 g/mol. The molecule has 2 aliphatic rings. The van der Waals surface area contributed by atoms with Gasteiger partial charge in [-0.25, -0.2) is 9.59 Å². The summed E-state index contributed by atoms with van der Waals surface area (Å²) in [6, 6.07) is 7.27. The van der Waals surface area contributed by atoms with Crippen molar-refractivity contribution in [3.05, 3.63) is 65.3 Å². The summed E-state index contributed by atoms with van der Waals surface area (Å²) in [4.78, 5) is 23.4. The molecule has 1 aromatic rings. The SMILES string of the molecule is C/C=C/C[C@H](NC(=O)OCC1C2=C(CC=CCC2)c2ccccc21)C(=O)O. The van der Waals surface area contributed by atoms with Gasteiger partial charge in [-0.15, -0.1) is 0 Å². The monoisotopic (exact) mass is 367 g/mol. The zero-order chi connectivity index (χ0) is 19.2. The Hall–Kier alpha value is -2.82. The van der Waals surface area contributed by atoms with Crippen molar-refractivity contribution >= 4 is 17.6 Å². The maximum absolute atomic E-state index is 12.2. The van der Waals surface area contributed by atoms with E-state index in [2.05, 4.69) is 29.6 Å². The van der Waals surface area contributed by atoms with Gasteiger partial charge in [-0.1, -0.05) is 54.1 Å². The van der Waals surface area contributed by atoms with E-state index in [4.69, 9.17) is 4.74 Å². The van der Waals surface area contributed by atoms with Crippen molar-refractivity contribution in [2.75, 3.05) is 6.61 Å².